The predicted octanol–water partition coefficient (Wildman–Crippen LogP) is -0.533. The maximum atomic E-state index is 15.0. The van der Waals surface area contributed by atoms with E-state index >= 15 is 0 Å². The zero-order chi connectivity index (χ0) is 76.1. The molecular weight excluding hydrogens is 1490 g/mol. The van der Waals surface area contributed by atoms with Crippen molar-refractivity contribution in [3.05, 3.63) is 0 Å². The van der Waals surface area contributed by atoms with Crippen LogP contribution >= 0.6 is 0 Å². The predicted molar refractivity (Wildman–Crippen MR) is 372 cm³/mol. The van der Waals surface area contributed by atoms with Gasteiger partial charge in [0.05, 0.1) is 42.2 Å². The van der Waals surface area contributed by atoms with Gasteiger partial charge in [0.2, 0.25) is 0 Å². The van der Waals surface area contributed by atoms with Crippen molar-refractivity contribution in [3.8, 4) is 0 Å². The average Bonchev–Trinajstić information content (AvgIpc) is 1.46. The fraction of sp³-hybridized carbons (Fsp3) is 0.949. The molecule has 0 amide bonds. The van der Waals surface area contributed by atoms with Crippen molar-refractivity contribution in [2.24, 2.45) is 107 Å². The van der Waals surface area contributed by atoms with Gasteiger partial charge in [0.15, 0.2) is 37.0 Å². The molecule has 106 heavy (non-hydrogen) atoms. The second-order valence-corrected chi connectivity index (χ2v) is 40.1. The van der Waals surface area contributed by atoms with E-state index in [1.807, 2.05) is 0 Å². The first-order valence-corrected chi connectivity index (χ1v) is 42.1. The molecule has 0 aromatic rings. The van der Waals surface area contributed by atoms with E-state index in [9.17, 15) is 44.7 Å². The van der Waals surface area contributed by atoms with Crippen molar-refractivity contribution in [1.29, 1.82) is 0 Å². The SMILES string of the molecule is C.CC(=O)C[C@@H]([C@H]1C[C@@H](C)[C@H]2[C@H](O1)C(=O)[C@@]1(C)[C@@H]3CC[C@H]4C(C)(C)[C@@H](O[C@@H]5OCC(O)[C@H](O)[C@H]5O)CCC45C[C@@]35CC[C@]21C)C(C)(C)O.COCO[C@H](OC)O[C@H]1CCC23C[C@]24CC[C@]2(C)[C@H]5[C@H](C)C[C@H]([C@H](OC(C)=O)C(C)(C)O)O[C@@H]5C(=O)[C@@]2(C)[C@@H]4CC[C@H]3C1(C)C.OC1CCCO1.[B].[Na+].[O-][I+3]([O-])([O-])[O-]. The molecular formula is C79H130BINaO24. The third kappa shape index (κ3) is 15.0. The van der Waals surface area contributed by atoms with E-state index in [4.69, 9.17) is 66.2 Å². The Morgan fingerprint density at radius 3 is 1.50 bits per heavy atom. The van der Waals surface area contributed by atoms with Gasteiger partial charge < -0.3 is 82.8 Å². The first-order chi connectivity index (χ1) is 47.6. The van der Waals surface area contributed by atoms with E-state index in [-0.39, 0.29) is 180 Å². The van der Waals surface area contributed by atoms with Crippen LogP contribution in [-0.2, 0) is 66.5 Å². The molecule has 4 saturated heterocycles. The number of methoxy groups -OCH3 is 2. The molecule has 0 bridgehead atoms. The number of carbonyl (C=O) groups is 4. The Kier molecular flexibility index (Phi) is 27.4. The number of fused-ring (bicyclic) bond motifs is 8. The van der Waals surface area contributed by atoms with Crippen LogP contribution in [-0.4, -0.2) is 188 Å². The molecule has 24 nitrogen and oxygen atoms in total. The summed E-state index contributed by atoms with van der Waals surface area (Å²) in [5.41, 5.74) is -3.32. The normalized spacial score (nSPS) is 46.7. The summed E-state index contributed by atoms with van der Waals surface area (Å²) in [7, 11) is 3.19. The van der Waals surface area contributed by atoms with Crippen LogP contribution < -0.4 is 63.4 Å². The molecule has 14 fully saturated rings. The molecule has 4 spiro atoms. The summed E-state index contributed by atoms with van der Waals surface area (Å²) in [6, 6.07) is 0. The van der Waals surface area contributed by atoms with E-state index in [0.717, 1.165) is 109 Å². The zero-order valence-corrected chi connectivity index (χ0v) is 70.4. The van der Waals surface area contributed by atoms with E-state index in [0.29, 0.717) is 24.2 Å². The Morgan fingerprint density at radius 1 is 0.632 bits per heavy atom. The number of ketones is 3. The maximum absolute atomic E-state index is 15.0. The quantitative estimate of drug-likeness (QED) is 0.0394. The minimum atomic E-state index is -5.94. The Bertz CT molecular complexity index is 3100. The number of halogens is 1. The van der Waals surface area contributed by atoms with Crippen LogP contribution in [0.15, 0.2) is 0 Å². The first kappa shape index (κ1) is 91.0. The van der Waals surface area contributed by atoms with Gasteiger partial charge in [0, 0.05) is 77.6 Å². The molecule has 14 rings (SSSR count). The molecule has 4 unspecified atom stereocenters. The van der Waals surface area contributed by atoms with E-state index in [2.05, 4.69) is 69.2 Å². The topological polar surface area (TPSA) is 374 Å². The fourth-order valence-corrected chi connectivity index (χ4v) is 27.0. The maximum Gasteiger partial charge on any atom is 1.00 e. The first-order valence-electron chi connectivity index (χ1n) is 38.6. The molecule has 10 aliphatic carbocycles. The van der Waals surface area contributed by atoms with Crippen LogP contribution in [0, 0.1) is 107 Å². The van der Waals surface area contributed by atoms with Crippen LogP contribution in [0.3, 0.4) is 0 Å². The standard InChI is InChI=1S/C38H60O9.C36H58O9.C4H8O2.CH4.B.IO4.Na/c1-19-15-23(21(16-20(2)39)34(5,6)44)46-30-27(19)35(7)13-14-38-18-37(38)12-11-26(47-32-29(42)28(41)22(40)17-45-32)33(3,4)24(37)9-10-25(38)36(35,8)31(30)43;1-20-17-22(29(32(5,6)39)43-21(2)37)44-27-26(20)33(7)15-16-36-18-35(36)14-13-25(45-30(41-10)42-19-40-9)31(3,4)23(35)11-12-24(36)34(33,8)28(27)38;5-4-2-1-3-6-4;;;2-1(3,4)5;/h19,21-30,32,40-42,44H,9-18H2,1-8H3;20,22-27,29-30,39H,11-19H2,1-10H3;4-5H,1-3H2;1H4;;;/q;;;;;-1;+1/t19-,21+,22?,23-,24+,25+,26+,27+,28+,29-,30+,32+,35-,36-,37?,38+;20-,22-,23+,24+,25+,26+,27+,29+,30+,33-,34-,35?,36+;;;;;/m11...../s1. The number of aliphatic hydroxyl groups excluding tert-OH is 4. The molecule has 4 aliphatic heterocycles. The van der Waals surface area contributed by atoms with E-state index < -0.39 is 110 Å². The molecule has 0 aromatic carbocycles. The Labute approximate surface area is 660 Å². The molecule has 3 radical (unpaired) electrons. The number of aliphatic hydroxyl groups is 6. The molecule has 14 aliphatic rings. The summed E-state index contributed by atoms with van der Waals surface area (Å²) >= 11 is -5.94. The third-order valence-corrected chi connectivity index (χ3v) is 31.6. The number of ether oxygens (including phenoxy) is 10. The van der Waals surface area contributed by atoms with Gasteiger partial charge in [-0.05, 0) is 223 Å². The number of hydrogen-bond acceptors (Lipinski definition) is 24. The van der Waals surface area contributed by atoms with Crippen molar-refractivity contribution in [2.45, 2.75) is 331 Å². The van der Waals surface area contributed by atoms with Crippen molar-refractivity contribution >= 4 is 31.7 Å². The van der Waals surface area contributed by atoms with Crippen LogP contribution in [0.2, 0.25) is 0 Å². The number of rotatable bonds is 15. The van der Waals surface area contributed by atoms with Gasteiger partial charge in [-0.3, -0.25) is 28.1 Å². The summed E-state index contributed by atoms with van der Waals surface area (Å²) in [5, 5.41) is 61.4. The second kappa shape index (κ2) is 31.9. The number of hydrogen-bond donors (Lipinski definition) is 6. The van der Waals surface area contributed by atoms with Gasteiger partial charge >= 0.3 is 35.5 Å². The Morgan fingerprint density at radius 2 is 1.08 bits per heavy atom. The average molecular weight is 1620 g/mol. The fourth-order valence-electron chi connectivity index (χ4n) is 27.0. The number of carbonyl (C=O) groups excluding carboxylic acids is 4. The van der Waals surface area contributed by atoms with E-state index in [1.165, 1.54) is 13.3 Å². The molecule has 6 N–H and O–H groups in total. The smallest absolute Gasteiger partial charge is 0.457 e. The van der Waals surface area contributed by atoms with Crippen LogP contribution in [0.1, 0.15) is 240 Å². The number of Topliss-reactive ketones (excluding diaryl/α,β-unsaturated/α-hetero) is 3. The van der Waals surface area contributed by atoms with Crippen LogP contribution in [0.25, 0.3) is 0 Å². The minimum absolute atomic E-state index is 0. The minimum Gasteiger partial charge on any atom is -0.457 e. The molecule has 601 valence electrons. The summed E-state index contributed by atoms with van der Waals surface area (Å²) in [4.78, 5) is 54.2. The number of esters is 1. The summed E-state index contributed by atoms with van der Waals surface area (Å²) in [6.45, 7) is 32.9. The van der Waals surface area contributed by atoms with Gasteiger partial charge in [-0.25, -0.2) is 0 Å². The molecule has 10 saturated carbocycles. The monoisotopic (exact) mass is 1620 g/mol. The summed E-state index contributed by atoms with van der Waals surface area (Å²) in [6.07, 6.45) is 10.1. The van der Waals surface area contributed by atoms with Crippen LogP contribution in [0.4, 0.5) is 0 Å². The van der Waals surface area contributed by atoms with Crippen molar-refractivity contribution in [3.63, 3.8) is 0 Å². The molecule has 0 aromatic heterocycles. The Hall–Kier alpha value is -0.485. The van der Waals surface area contributed by atoms with Gasteiger partial charge in [-0.15, -0.1) is 0 Å². The van der Waals surface area contributed by atoms with Crippen molar-refractivity contribution < 1.29 is 161 Å². The third-order valence-electron chi connectivity index (χ3n) is 31.6. The van der Waals surface area contributed by atoms with Gasteiger partial charge in [-0.2, -0.15) is 0 Å². The summed E-state index contributed by atoms with van der Waals surface area (Å²) < 4.78 is 93.1. The van der Waals surface area contributed by atoms with Crippen molar-refractivity contribution in [2.75, 3.05) is 34.2 Å². The zero-order valence-electron chi connectivity index (χ0n) is 66.2. The largest absolute Gasteiger partial charge is 1.00 e. The molecule has 30 atom stereocenters. The van der Waals surface area contributed by atoms with Crippen LogP contribution in [0.5, 0.6) is 0 Å². The Balaban J connectivity index is 0.000000228. The second-order valence-electron chi connectivity index (χ2n) is 38.0. The van der Waals surface area contributed by atoms with Gasteiger partial charge in [0.25, 0.3) is 6.48 Å². The molecule has 4 heterocycles. The summed E-state index contributed by atoms with van der Waals surface area (Å²) in [5.74, 6) is 1.89. The molecule has 27 heteroatoms. The van der Waals surface area contributed by atoms with Gasteiger partial charge in [-0.1, -0.05) is 76.7 Å². The van der Waals surface area contributed by atoms with E-state index in [1.54, 1.807) is 48.8 Å². The van der Waals surface area contributed by atoms with Gasteiger partial charge in [0.1, 0.15) is 56.4 Å². The van der Waals surface area contributed by atoms with Crippen molar-refractivity contribution in [1.82, 2.24) is 0 Å².